The van der Waals surface area contributed by atoms with Gasteiger partial charge in [0.25, 0.3) is 5.91 Å². The summed E-state index contributed by atoms with van der Waals surface area (Å²) < 4.78 is 5.19. The Labute approximate surface area is 176 Å². The van der Waals surface area contributed by atoms with Crippen LogP contribution in [0, 0.1) is 0 Å². The second-order valence-corrected chi connectivity index (χ2v) is 7.48. The average molecular weight is 410 g/mol. The zero-order valence-electron chi connectivity index (χ0n) is 17.1. The number of amides is 1. The lowest BCUT2D eigenvalue weighted by molar-refractivity contribution is 0.0930. The third-order valence-corrected chi connectivity index (χ3v) is 5.86. The van der Waals surface area contributed by atoms with Crippen molar-refractivity contribution in [2.45, 2.75) is 19.9 Å². The number of aromatic nitrogens is 1. The van der Waals surface area contributed by atoms with Crippen LogP contribution in [0.25, 0.3) is 10.6 Å². The maximum Gasteiger partial charge on any atom is 0.270 e. The molecule has 0 spiro atoms. The minimum absolute atomic E-state index is 0.134. The third kappa shape index (κ3) is 5.22. The minimum atomic E-state index is -0.144. The fourth-order valence-electron chi connectivity index (χ4n) is 3.32. The molecule has 0 aliphatic heterocycles. The maximum atomic E-state index is 12.7. The first kappa shape index (κ1) is 21.0. The number of carbonyl (C=O) groups is 1. The van der Waals surface area contributed by atoms with Crippen molar-refractivity contribution in [1.29, 1.82) is 0 Å². The first-order valence-electron chi connectivity index (χ1n) is 9.83. The van der Waals surface area contributed by atoms with Gasteiger partial charge in [-0.1, -0.05) is 44.2 Å². The van der Waals surface area contributed by atoms with Gasteiger partial charge in [0.05, 0.1) is 13.2 Å². The molecule has 1 amide bonds. The van der Waals surface area contributed by atoms with E-state index in [1.54, 1.807) is 7.11 Å². The predicted molar refractivity (Wildman–Crippen MR) is 119 cm³/mol. The van der Waals surface area contributed by atoms with Crippen LogP contribution in [0.3, 0.4) is 0 Å². The van der Waals surface area contributed by atoms with Gasteiger partial charge >= 0.3 is 0 Å². The van der Waals surface area contributed by atoms with E-state index in [0.29, 0.717) is 12.2 Å². The van der Waals surface area contributed by atoms with Crippen molar-refractivity contribution in [1.82, 2.24) is 15.2 Å². The molecule has 0 aliphatic carbocycles. The zero-order chi connectivity index (χ0) is 20.6. The van der Waals surface area contributed by atoms with E-state index in [4.69, 9.17) is 4.74 Å². The molecule has 5 nitrogen and oxygen atoms in total. The van der Waals surface area contributed by atoms with Gasteiger partial charge in [-0.2, -0.15) is 0 Å². The average Bonchev–Trinajstić information content (AvgIpc) is 3.27. The van der Waals surface area contributed by atoms with E-state index in [9.17, 15) is 4.79 Å². The van der Waals surface area contributed by atoms with Gasteiger partial charge in [-0.25, -0.2) is 4.98 Å². The Hall–Kier alpha value is -2.70. The van der Waals surface area contributed by atoms with Crippen LogP contribution in [-0.2, 0) is 0 Å². The van der Waals surface area contributed by atoms with Gasteiger partial charge in [0.2, 0.25) is 0 Å². The molecule has 29 heavy (non-hydrogen) atoms. The van der Waals surface area contributed by atoms with E-state index in [2.05, 4.69) is 41.2 Å². The topological polar surface area (TPSA) is 54.5 Å². The summed E-state index contributed by atoms with van der Waals surface area (Å²) in [6.07, 6.45) is 0. The van der Waals surface area contributed by atoms with Crippen LogP contribution in [0.5, 0.6) is 5.75 Å². The number of hydrogen-bond acceptors (Lipinski definition) is 5. The molecule has 0 saturated heterocycles. The summed E-state index contributed by atoms with van der Waals surface area (Å²) in [5.74, 6) is 0.653. The SMILES string of the molecule is CCN(CC)C(CNC(=O)c1csc(-c2ccc(OC)cc2)n1)c1ccccc1. The Balaban J connectivity index is 1.69. The maximum absolute atomic E-state index is 12.7. The molecular formula is C23H27N3O2S. The van der Waals surface area contributed by atoms with Gasteiger partial charge in [0, 0.05) is 17.5 Å². The standard InChI is InChI=1S/C23H27N3O2S/c1-4-26(5-2)21(17-9-7-6-8-10-17)15-24-22(27)20-16-29-23(25-20)18-11-13-19(28-3)14-12-18/h6-14,16,21H,4-5,15H2,1-3H3,(H,24,27). The lowest BCUT2D eigenvalue weighted by Gasteiger charge is -2.30. The number of benzene rings is 2. The van der Waals surface area contributed by atoms with Crippen LogP contribution in [0.4, 0.5) is 0 Å². The highest BCUT2D eigenvalue weighted by Gasteiger charge is 2.20. The lowest BCUT2D eigenvalue weighted by atomic mass is 10.1. The highest BCUT2D eigenvalue weighted by atomic mass is 32.1. The van der Waals surface area contributed by atoms with Gasteiger partial charge in [-0.05, 0) is 42.9 Å². The van der Waals surface area contributed by atoms with Gasteiger partial charge in [0.1, 0.15) is 16.5 Å². The van der Waals surface area contributed by atoms with Crippen LogP contribution in [0.15, 0.2) is 60.0 Å². The summed E-state index contributed by atoms with van der Waals surface area (Å²) in [5.41, 5.74) is 2.63. The Morgan fingerprint density at radius 1 is 1.10 bits per heavy atom. The second kappa shape index (κ2) is 10.2. The summed E-state index contributed by atoms with van der Waals surface area (Å²) in [6, 6.07) is 18.1. The number of carbonyl (C=O) groups excluding carboxylic acids is 1. The molecule has 0 radical (unpaired) electrons. The number of hydrogen-bond donors (Lipinski definition) is 1. The fraction of sp³-hybridized carbons (Fsp3) is 0.304. The summed E-state index contributed by atoms with van der Waals surface area (Å²) >= 11 is 1.47. The summed E-state index contributed by atoms with van der Waals surface area (Å²) in [5, 5.41) is 5.70. The smallest absolute Gasteiger partial charge is 0.270 e. The van der Waals surface area contributed by atoms with Crippen molar-refractivity contribution < 1.29 is 9.53 Å². The van der Waals surface area contributed by atoms with E-state index in [-0.39, 0.29) is 11.9 Å². The van der Waals surface area contributed by atoms with Crippen LogP contribution >= 0.6 is 11.3 Å². The quantitative estimate of drug-likeness (QED) is 0.560. The van der Waals surface area contributed by atoms with Crippen LogP contribution in [-0.4, -0.2) is 42.5 Å². The molecule has 1 unspecified atom stereocenters. The monoisotopic (exact) mass is 409 g/mol. The van der Waals surface area contributed by atoms with Crippen LogP contribution in [0.2, 0.25) is 0 Å². The number of likely N-dealkylation sites (N-methyl/N-ethyl adjacent to an activating group) is 1. The van der Waals surface area contributed by atoms with Crippen molar-refractivity contribution in [3.63, 3.8) is 0 Å². The highest BCUT2D eigenvalue weighted by Crippen LogP contribution is 2.26. The molecule has 2 aromatic carbocycles. The summed E-state index contributed by atoms with van der Waals surface area (Å²) in [6.45, 7) is 6.67. The van der Waals surface area contributed by atoms with Gasteiger partial charge in [-0.15, -0.1) is 11.3 Å². The number of thiazole rings is 1. The van der Waals surface area contributed by atoms with E-state index in [1.165, 1.54) is 16.9 Å². The Kier molecular flexibility index (Phi) is 7.38. The summed E-state index contributed by atoms with van der Waals surface area (Å²) in [4.78, 5) is 19.6. The summed E-state index contributed by atoms with van der Waals surface area (Å²) in [7, 11) is 1.64. The normalized spacial score (nSPS) is 12.0. The molecular weight excluding hydrogens is 382 g/mol. The van der Waals surface area contributed by atoms with E-state index >= 15 is 0 Å². The Bertz CT molecular complexity index is 905. The fourth-order valence-corrected chi connectivity index (χ4v) is 4.13. The van der Waals surface area contributed by atoms with Crippen molar-refractivity contribution in [3.8, 4) is 16.3 Å². The molecule has 1 heterocycles. The van der Waals surface area contributed by atoms with Gasteiger partial charge in [-0.3, -0.25) is 9.69 Å². The van der Waals surface area contributed by atoms with E-state index in [1.807, 2.05) is 47.8 Å². The predicted octanol–water partition coefficient (Wildman–Crippen LogP) is 4.63. The van der Waals surface area contributed by atoms with E-state index in [0.717, 1.165) is 29.4 Å². The molecule has 3 rings (SSSR count). The molecule has 1 N–H and O–H groups in total. The third-order valence-electron chi connectivity index (χ3n) is 4.97. The van der Waals surface area contributed by atoms with Crippen molar-refractivity contribution in [2.75, 3.05) is 26.7 Å². The van der Waals surface area contributed by atoms with Gasteiger partial charge in [0.15, 0.2) is 0 Å². The van der Waals surface area contributed by atoms with Crippen molar-refractivity contribution >= 4 is 17.2 Å². The molecule has 6 heteroatoms. The number of methoxy groups -OCH3 is 1. The van der Waals surface area contributed by atoms with Crippen molar-refractivity contribution in [2.24, 2.45) is 0 Å². The first-order chi connectivity index (χ1) is 14.2. The molecule has 0 fully saturated rings. The Morgan fingerprint density at radius 3 is 2.41 bits per heavy atom. The zero-order valence-corrected chi connectivity index (χ0v) is 17.9. The molecule has 0 saturated carbocycles. The number of nitrogens with one attached hydrogen (secondary N) is 1. The largest absolute Gasteiger partial charge is 0.497 e. The first-order valence-corrected chi connectivity index (χ1v) is 10.7. The van der Waals surface area contributed by atoms with Crippen molar-refractivity contribution in [3.05, 3.63) is 71.2 Å². The minimum Gasteiger partial charge on any atom is -0.497 e. The molecule has 0 bridgehead atoms. The molecule has 3 aromatic rings. The van der Waals surface area contributed by atoms with Gasteiger partial charge < -0.3 is 10.1 Å². The Morgan fingerprint density at radius 2 is 1.79 bits per heavy atom. The van der Waals surface area contributed by atoms with E-state index < -0.39 is 0 Å². The second-order valence-electron chi connectivity index (χ2n) is 6.62. The lowest BCUT2D eigenvalue weighted by Crippen LogP contribution is -2.38. The van der Waals surface area contributed by atoms with Crippen LogP contribution < -0.4 is 10.1 Å². The number of nitrogens with zero attached hydrogens (tertiary/aromatic N) is 2. The van der Waals surface area contributed by atoms with Crippen LogP contribution in [0.1, 0.15) is 35.9 Å². The molecule has 1 atom stereocenters. The number of rotatable bonds is 9. The molecule has 1 aromatic heterocycles. The number of ether oxygens (including phenoxy) is 1. The molecule has 152 valence electrons. The molecule has 0 aliphatic rings. The highest BCUT2D eigenvalue weighted by molar-refractivity contribution is 7.13.